The van der Waals surface area contributed by atoms with Crippen LogP contribution in [0, 0.1) is 0 Å². The number of benzene rings is 4. The standard InChI is InChI=1S/C38H42B2O7/c1-35(2)36(3,4)45-39(44-35)28-14-18-30(19-15-28)41-34(26-13-22-33-27(24-26)23-25-11-9-10-12-32(25)43-33)42-31-20-16-29(17-21-31)40-46-37(5,6)38(7,8)47-40/h9-22,24,34H,23H2,1-8H3. The first kappa shape index (κ1) is 31.8. The Morgan fingerprint density at radius 1 is 0.532 bits per heavy atom. The van der Waals surface area contributed by atoms with E-state index in [1.807, 2.05) is 78.9 Å². The monoisotopic (exact) mass is 632 g/mol. The number of hydrogen-bond donors (Lipinski definition) is 0. The molecule has 0 unspecified atom stereocenters. The lowest BCUT2D eigenvalue weighted by Gasteiger charge is -2.32. The Kier molecular flexibility index (Phi) is 7.75. The average Bonchev–Trinajstić information content (AvgIpc) is 3.39. The number of fused-ring (bicyclic) bond motifs is 2. The highest BCUT2D eigenvalue weighted by atomic mass is 16.7. The maximum atomic E-state index is 6.56. The highest BCUT2D eigenvalue weighted by Crippen LogP contribution is 2.40. The molecule has 0 N–H and O–H groups in total. The fourth-order valence-electron chi connectivity index (χ4n) is 5.83. The van der Waals surface area contributed by atoms with Gasteiger partial charge in [0, 0.05) is 12.0 Å². The molecule has 3 aliphatic rings. The third-order valence-electron chi connectivity index (χ3n) is 10.2. The molecule has 0 amide bonds. The van der Waals surface area contributed by atoms with Crippen molar-refractivity contribution in [1.29, 1.82) is 0 Å². The lowest BCUT2D eigenvalue weighted by atomic mass is 9.79. The lowest BCUT2D eigenvalue weighted by molar-refractivity contribution is 0.00376. The molecule has 2 saturated heterocycles. The summed E-state index contributed by atoms with van der Waals surface area (Å²) in [6.07, 6.45) is 0.0281. The van der Waals surface area contributed by atoms with E-state index >= 15 is 0 Å². The van der Waals surface area contributed by atoms with Gasteiger partial charge in [-0.3, -0.25) is 0 Å². The summed E-state index contributed by atoms with van der Waals surface area (Å²) in [6, 6.07) is 29.8. The van der Waals surface area contributed by atoms with Gasteiger partial charge < -0.3 is 32.8 Å². The number of rotatable bonds is 7. The van der Waals surface area contributed by atoms with Crippen LogP contribution in [0.4, 0.5) is 0 Å². The summed E-state index contributed by atoms with van der Waals surface area (Å²) in [5.41, 5.74) is 3.28. The fourth-order valence-corrected chi connectivity index (χ4v) is 5.83. The Balaban J connectivity index is 1.14. The first-order valence-electron chi connectivity index (χ1n) is 16.3. The average molecular weight is 632 g/mol. The summed E-state index contributed by atoms with van der Waals surface area (Å²) in [6.45, 7) is 16.4. The van der Waals surface area contributed by atoms with Crippen molar-refractivity contribution in [3.05, 3.63) is 108 Å². The van der Waals surface area contributed by atoms with Crippen LogP contribution in [-0.2, 0) is 25.0 Å². The molecule has 4 aromatic carbocycles. The van der Waals surface area contributed by atoms with Crippen LogP contribution in [-0.4, -0.2) is 36.6 Å². The SMILES string of the molecule is CC1(C)OB(c2ccc(OC(Oc3ccc(B4OC(C)(C)C(C)(C)O4)cc3)c3ccc4c(c3)Cc3ccccc3O4)cc2)OC1(C)C. The fraction of sp³-hybridized carbons (Fsp3) is 0.368. The van der Waals surface area contributed by atoms with Crippen LogP contribution in [0.15, 0.2) is 91.0 Å². The summed E-state index contributed by atoms with van der Waals surface area (Å²) in [7, 11) is -0.903. The Bertz CT molecular complexity index is 1650. The summed E-state index contributed by atoms with van der Waals surface area (Å²) < 4.78 is 44.3. The van der Waals surface area contributed by atoms with Crippen LogP contribution in [0.5, 0.6) is 23.0 Å². The molecule has 7 rings (SSSR count). The zero-order valence-corrected chi connectivity index (χ0v) is 28.5. The lowest BCUT2D eigenvalue weighted by Crippen LogP contribution is -2.41. The van der Waals surface area contributed by atoms with Gasteiger partial charge in [0.2, 0.25) is 0 Å². The largest absolute Gasteiger partial charge is 0.494 e. The second-order valence-electron chi connectivity index (χ2n) is 14.6. The summed E-state index contributed by atoms with van der Waals surface area (Å²) in [5.74, 6) is 3.04. The third-order valence-corrected chi connectivity index (χ3v) is 10.2. The van der Waals surface area contributed by atoms with E-state index < -0.39 is 42.9 Å². The minimum Gasteiger partial charge on any atom is -0.457 e. The molecule has 2 fully saturated rings. The van der Waals surface area contributed by atoms with Crippen molar-refractivity contribution in [3.63, 3.8) is 0 Å². The Morgan fingerprint density at radius 3 is 1.47 bits per heavy atom. The zero-order chi connectivity index (χ0) is 33.2. The summed E-state index contributed by atoms with van der Waals surface area (Å²) >= 11 is 0. The number of para-hydroxylation sites is 1. The van der Waals surface area contributed by atoms with Gasteiger partial charge in [-0.25, -0.2) is 0 Å². The van der Waals surface area contributed by atoms with E-state index in [1.165, 1.54) is 0 Å². The van der Waals surface area contributed by atoms with Crippen molar-refractivity contribution in [2.75, 3.05) is 0 Å². The van der Waals surface area contributed by atoms with E-state index in [4.69, 9.17) is 32.8 Å². The van der Waals surface area contributed by atoms with Gasteiger partial charge >= 0.3 is 14.2 Å². The first-order chi connectivity index (χ1) is 22.2. The molecule has 3 heterocycles. The normalized spacial score (nSPS) is 20.0. The number of ether oxygens (including phenoxy) is 3. The maximum absolute atomic E-state index is 6.56. The molecule has 0 atom stereocenters. The quantitative estimate of drug-likeness (QED) is 0.140. The van der Waals surface area contributed by atoms with Crippen molar-refractivity contribution < 1.29 is 32.8 Å². The van der Waals surface area contributed by atoms with Gasteiger partial charge in [0.15, 0.2) is 0 Å². The first-order valence-corrected chi connectivity index (χ1v) is 16.3. The van der Waals surface area contributed by atoms with E-state index in [0.717, 1.165) is 45.5 Å². The summed E-state index contributed by atoms with van der Waals surface area (Å²) in [5, 5.41) is 0. The second kappa shape index (κ2) is 11.4. The molecule has 3 aliphatic heterocycles. The van der Waals surface area contributed by atoms with Crippen LogP contribution in [0.1, 0.15) is 78.4 Å². The van der Waals surface area contributed by atoms with E-state index in [0.29, 0.717) is 11.5 Å². The Morgan fingerprint density at radius 2 is 0.979 bits per heavy atom. The van der Waals surface area contributed by atoms with E-state index in [9.17, 15) is 0 Å². The molecule has 47 heavy (non-hydrogen) atoms. The molecular weight excluding hydrogens is 590 g/mol. The van der Waals surface area contributed by atoms with Gasteiger partial charge in [0.05, 0.1) is 22.4 Å². The molecule has 7 nitrogen and oxygen atoms in total. The summed E-state index contributed by atoms with van der Waals surface area (Å²) in [4.78, 5) is 0. The Labute approximate surface area is 278 Å². The molecule has 242 valence electrons. The predicted molar refractivity (Wildman–Crippen MR) is 184 cm³/mol. The maximum Gasteiger partial charge on any atom is 0.494 e. The molecule has 0 aromatic heterocycles. The molecule has 0 saturated carbocycles. The van der Waals surface area contributed by atoms with Crippen LogP contribution in [0.3, 0.4) is 0 Å². The molecule has 0 aliphatic carbocycles. The zero-order valence-electron chi connectivity index (χ0n) is 28.5. The molecule has 0 radical (unpaired) electrons. The minimum atomic E-state index is -0.733. The van der Waals surface area contributed by atoms with Crippen LogP contribution >= 0.6 is 0 Å². The van der Waals surface area contributed by atoms with Gasteiger partial charge in [0.25, 0.3) is 6.29 Å². The van der Waals surface area contributed by atoms with E-state index in [2.05, 4.69) is 67.5 Å². The van der Waals surface area contributed by atoms with Gasteiger partial charge in [-0.05, 0) is 126 Å². The van der Waals surface area contributed by atoms with Crippen LogP contribution < -0.4 is 25.1 Å². The van der Waals surface area contributed by atoms with Crippen molar-refractivity contribution in [2.45, 2.75) is 90.5 Å². The van der Waals surface area contributed by atoms with Gasteiger partial charge in [-0.2, -0.15) is 0 Å². The smallest absolute Gasteiger partial charge is 0.457 e. The molecule has 0 bridgehead atoms. The second-order valence-corrected chi connectivity index (χ2v) is 14.6. The van der Waals surface area contributed by atoms with Crippen LogP contribution in [0.25, 0.3) is 0 Å². The Hall–Kier alpha value is -3.75. The van der Waals surface area contributed by atoms with Crippen molar-refractivity contribution in [2.24, 2.45) is 0 Å². The van der Waals surface area contributed by atoms with Gasteiger partial charge in [-0.15, -0.1) is 0 Å². The highest BCUT2D eigenvalue weighted by molar-refractivity contribution is 6.62. The minimum absolute atomic E-state index is 0.416. The van der Waals surface area contributed by atoms with Crippen molar-refractivity contribution >= 4 is 25.2 Å². The number of hydrogen-bond acceptors (Lipinski definition) is 7. The van der Waals surface area contributed by atoms with Gasteiger partial charge in [-0.1, -0.05) is 42.5 Å². The van der Waals surface area contributed by atoms with Crippen molar-refractivity contribution in [1.82, 2.24) is 0 Å². The van der Waals surface area contributed by atoms with E-state index in [-0.39, 0.29) is 0 Å². The topological polar surface area (TPSA) is 64.6 Å². The molecule has 9 heteroatoms. The molecule has 0 spiro atoms. The predicted octanol–water partition coefficient (Wildman–Crippen LogP) is 7.14. The third kappa shape index (κ3) is 6.06. The van der Waals surface area contributed by atoms with E-state index in [1.54, 1.807) is 0 Å². The van der Waals surface area contributed by atoms with Crippen molar-refractivity contribution in [3.8, 4) is 23.0 Å². The highest BCUT2D eigenvalue weighted by Gasteiger charge is 2.52. The molecule has 4 aromatic rings. The van der Waals surface area contributed by atoms with Gasteiger partial charge in [0.1, 0.15) is 23.0 Å². The molecular formula is C38H42B2O7. The van der Waals surface area contributed by atoms with Crippen LogP contribution in [0.2, 0.25) is 0 Å².